The van der Waals surface area contributed by atoms with Gasteiger partial charge in [-0.3, -0.25) is 0 Å². The molecule has 1 rings (SSSR count). The highest BCUT2D eigenvalue weighted by Crippen LogP contribution is 2.28. The summed E-state index contributed by atoms with van der Waals surface area (Å²) in [5.74, 6) is 0.169. The molecular formula is C14H23NO3S. The fourth-order valence-corrected chi connectivity index (χ4v) is 3.06. The lowest BCUT2D eigenvalue weighted by atomic mass is 9.78. The van der Waals surface area contributed by atoms with Gasteiger partial charge in [0.2, 0.25) is 0 Å². The first kappa shape index (κ1) is 16.1. The molecule has 0 spiro atoms. The molecule has 0 aliphatic heterocycles. The lowest BCUT2D eigenvalue weighted by Crippen LogP contribution is -2.40. The van der Waals surface area contributed by atoms with Gasteiger partial charge < -0.3 is 10.8 Å². The minimum absolute atomic E-state index is 0.0508. The van der Waals surface area contributed by atoms with Gasteiger partial charge in [0.25, 0.3) is 0 Å². The molecule has 1 unspecified atom stereocenters. The Kier molecular flexibility index (Phi) is 5.52. The molecule has 3 N–H and O–H groups in total. The zero-order chi connectivity index (χ0) is 14.5. The lowest BCUT2D eigenvalue weighted by molar-refractivity contribution is 0.193. The Balaban J connectivity index is 3.04. The zero-order valence-electron chi connectivity index (χ0n) is 11.6. The second-order valence-electron chi connectivity index (χ2n) is 5.00. The van der Waals surface area contributed by atoms with Crippen LogP contribution in [-0.4, -0.2) is 38.2 Å². The standard InChI is InChI=1S/C14H23NO3S/c1-3-19(17,18)8-7-14(10-15,11-16)13-6-4-5-12(2)9-13/h4-6,9,16H,3,7-8,10-11,15H2,1-2H3. The number of rotatable bonds is 7. The Bertz CT molecular complexity index is 507. The van der Waals surface area contributed by atoms with Crippen molar-refractivity contribution in [3.8, 4) is 0 Å². The Labute approximate surface area is 115 Å². The van der Waals surface area contributed by atoms with Gasteiger partial charge in [-0.1, -0.05) is 36.8 Å². The smallest absolute Gasteiger partial charge is 0.150 e. The number of aryl methyl sites for hydroxylation is 1. The molecular weight excluding hydrogens is 262 g/mol. The van der Waals surface area contributed by atoms with Gasteiger partial charge in [0.15, 0.2) is 0 Å². The van der Waals surface area contributed by atoms with E-state index in [1.165, 1.54) is 0 Å². The van der Waals surface area contributed by atoms with E-state index in [0.717, 1.165) is 11.1 Å². The quantitative estimate of drug-likeness (QED) is 0.783. The van der Waals surface area contributed by atoms with Crippen LogP contribution in [0.1, 0.15) is 24.5 Å². The maximum absolute atomic E-state index is 11.7. The van der Waals surface area contributed by atoms with Crippen LogP contribution in [0.4, 0.5) is 0 Å². The molecule has 108 valence electrons. The molecule has 4 nitrogen and oxygen atoms in total. The summed E-state index contributed by atoms with van der Waals surface area (Å²) in [6.07, 6.45) is 0.347. The molecule has 0 aliphatic carbocycles. The van der Waals surface area contributed by atoms with Gasteiger partial charge in [-0.25, -0.2) is 8.42 Å². The predicted molar refractivity (Wildman–Crippen MR) is 77.9 cm³/mol. The number of nitrogens with two attached hydrogens (primary N) is 1. The maximum atomic E-state index is 11.7. The van der Waals surface area contributed by atoms with E-state index >= 15 is 0 Å². The summed E-state index contributed by atoms with van der Waals surface area (Å²) in [5, 5.41) is 9.72. The van der Waals surface area contributed by atoms with Crippen LogP contribution in [0, 0.1) is 6.92 Å². The van der Waals surface area contributed by atoms with E-state index < -0.39 is 15.3 Å². The Morgan fingerprint density at radius 1 is 1.37 bits per heavy atom. The fraction of sp³-hybridized carbons (Fsp3) is 0.571. The minimum atomic E-state index is -3.06. The van der Waals surface area contributed by atoms with Crippen molar-refractivity contribution in [2.75, 3.05) is 24.7 Å². The Morgan fingerprint density at radius 2 is 2.05 bits per heavy atom. The van der Waals surface area contributed by atoms with Crippen molar-refractivity contribution >= 4 is 9.84 Å². The van der Waals surface area contributed by atoms with Crippen molar-refractivity contribution in [3.05, 3.63) is 35.4 Å². The number of aliphatic hydroxyl groups excluding tert-OH is 1. The van der Waals surface area contributed by atoms with Crippen LogP contribution in [0.25, 0.3) is 0 Å². The lowest BCUT2D eigenvalue weighted by Gasteiger charge is -2.31. The molecule has 0 bridgehead atoms. The van der Waals surface area contributed by atoms with Crippen LogP contribution in [0.3, 0.4) is 0 Å². The summed E-state index contributed by atoms with van der Waals surface area (Å²) >= 11 is 0. The van der Waals surface area contributed by atoms with E-state index in [0.29, 0.717) is 6.42 Å². The molecule has 1 aromatic carbocycles. The third kappa shape index (κ3) is 4.03. The third-order valence-electron chi connectivity index (χ3n) is 3.66. The summed E-state index contributed by atoms with van der Waals surface area (Å²) < 4.78 is 23.3. The number of hydrogen-bond donors (Lipinski definition) is 2. The fourth-order valence-electron chi connectivity index (χ4n) is 2.07. The highest BCUT2D eigenvalue weighted by atomic mass is 32.2. The Morgan fingerprint density at radius 3 is 2.53 bits per heavy atom. The highest BCUT2D eigenvalue weighted by molar-refractivity contribution is 7.91. The van der Waals surface area contributed by atoms with Crippen LogP contribution in [-0.2, 0) is 15.3 Å². The van der Waals surface area contributed by atoms with Crippen LogP contribution in [0.15, 0.2) is 24.3 Å². The Hall–Kier alpha value is -0.910. The second-order valence-corrected chi connectivity index (χ2v) is 7.47. The summed E-state index contributed by atoms with van der Waals surface area (Å²) in [6, 6.07) is 7.72. The summed E-state index contributed by atoms with van der Waals surface area (Å²) in [4.78, 5) is 0. The van der Waals surface area contributed by atoms with E-state index in [9.17, 15) is 13.5 Å². The molecule has 0 aromatic heterocycles. The van der Waals surface area contributed by atoms with Crippen LogP contribution < -0.4 is 5.73 Å². The molecule has 1 aromatic rings. The molecule has 5 heteroatoms. The van der Waals surface area contributed by atoms with Crippen molar-refractivity contribution in [1.82, 2.24) is 0 Å². The largest absolute Gasteiger partial charge is 0.395 e. The minimum Gasteiger partial charge on any atom is -0.395 e. The van der Waals surface area contributed by atoms with Gasteiger partial charge in [0.1, 0.15) is 9.84 Å². The molecule has 19 heavy (non-hydrogen) atoms. The topological polar surface area (TPSA) is 80.4 Å². The van der Waals surface area contributed by atoms with Crippen molar-refractivity contribution in [3.63, 3.8) is 0 Å². The summed E-state index contributed by atoms with van der Waals surface area (Å²) in [5.41, 5.74) is 7.12. The second kappa shape index (κ2) is 6.50. The van der Waals surface area contributed by atoms with E-state index in [1.54, 1.807) is 6.92 Å². The van der Waals surface area contributed by atoms with Crippen LogP contribution in [0.2, 0.25) is 0 Å². The normalized spacial score (nSPS) is 15.2. The first-order valence-corrected chi connectivity index (χ1v) is 8.30. The summed E-state index contributed by atoms with van der Waals surface area (Å²) in [7, 11) is -3.06. The van der Waals surface area contributed by atoms with Crippen molar-refractivity contribution in [2.24, 2.45) is 5.73 Å². The molecule has 0 radical (unpaired) electrons. The predicted octanol–water partition coefficient (Wildman–Crippen LogP) is 1.01. The molecule has 0 heterocycles. The first-order valence-electron chi connectivity index (χ1n) is 6.47. The van der Waals surface area contributed by atoms with Gasteiger partial charge in [0, 0.05) is 17.7 Å². The first-order chi connectivity index (χ1) is 8.89. The van der Waals surface area contributed by atoms with E-state index in [2.05, 4.69) is 0 Å². The number of hydrogen-bond acceptors (Lipinski definition) is 4. The number of benzene rings is 1. The van der Waals surface area contributed by atoms with Gasteiger partial charge in [-0.05, 0) is 18.9 Å². The molecule has 0 saturated carbocycles. The number of sulfone groups is 1. The number of aliphatic hydroxyl groups is 1. The SMILES string of the molecule is CCS(=O)(=O)CCC(CN)(CO)c1cccc(C)c1. The molecule has 0 aliphatic rings. The monoisotopic (exact) mass is 285 g/mol. The van der Waals surface area contributed by atoms with E-state index in [-0.39, 0.29) is 24.7 Å². The molecule has 0 saturated heterocycles. The van der Waals surface area contributed by atoms with Gasteiger partial charge in [-0.15, -0.1) is 0 Å². The average Bonchev–Trinajstić information content (AvgIpc) is 2.41. The molecule has 1 atom stereocenters. The van der Waals surface area contributed by atoms with E-state index in [4.69, 9.17) is 5.73 Å². The van der Waals surface area contributed by atoms with Gasteiger partial charge >= 0.3 is 0 Å². The van der Waals surface area contributed by atoms with Gasteiger partial charge in [0.05, 0.1) is 12.4 Å². The van der Waals surface area contributed by atoms with Crippen LogP contribution in [0.5, 0.6) is 0 Å². The zero-order valence-corrected chi connectivity index (χ0v) is 12.4. The maximum Gasteiger partial charge on any atom is 0.150 e. The highest BCUT2D eigenvalue weighted by Gasteiger charge is 2.31. The molecule has 0 amide bonds. The molecule has 0 fully saturated rings. The van der Waals surface area contributed by atoms with Crippen molar-refractivity contribution in [1.29, 1.82) is 0 Å². The van der Waals surface area contributed by atoms with E-state index in [1.807, 2.05) is 31.2 Å². The van der Waals surface area contributed by atoms with Gasteiger partial charge in [-0.2, -0.15) is 0 Å². The summed E-state index contributed by atoms with van der Waals surface area (Å²) in [6.45, 7) is 3.67. The third-order valence-corrected chi connectivity index (χ3v) is 5.36. The van der Waals surface area contributed by atoms with Crippen LogP contribution >= 0.6 is 0 Å². The average molecular weight is 285 g/mol. The van der Waals surface area contributed by atoms with Crippen molar-refractivity contribution in [2.45, 2.75) is 25.7 Å². The van der Waals surface area contributed by atoms with Crippen molar-refractivity contribution < 1.29 is 13.5 Å².